The van der Waals surface area contributed by atoms with Crippen molar-refractivity contribution in [1.29, 1.82) is 5.26 Å². The van der Waals surface area contributed by atoms with Gasteiger partial charge in [0.05, 0.1) is 17.3 Å². The molecule has 0 atom stereocenters. The molecule has 0 aromatic heterocycles. The minimum atomic E-state index is -4.82. The van der Waals surface area contributed by atoms with Crippen LogP contribution in [0.1, 0.15) is 12.0 Å². The molecule has 0 spiro atoms. The number of alkyl halides is 3. The van der Waals surface area contributed by atoms with Gasteiger partial charge in [-0.05, 0) is 12.1 Å². The van der Waals surface area contributed by atoms with Gasteiger partial charge >= 0.3 is 6.18 Å². The lowest BCUT2D eigenvalue weighted by molar-refractivity contribution is -0.137. The van der Waals surface area contributed by atoms with Crippen LogP contribution in [0.2, 0.25) is 0 Å². The topological polar surface area (TPSA) is 52.9 Å². The highest BCUT2D eigenvalue weighted by Crippen LogP contribution is 2.38. The van der Waals surface area contributed by atoms with Crippen molar-refractivity contribution in [1.82, 2.24) is 0 Å². The molecule has 1 amide bonds. The average molecular weight is 325 g/mol. The highest BCUT2D eigenvalue weighted by Gasteiger charge is 2.35. The van der Waals surface area contributed by atoms with Crippen LogP contribution in [0.3, 0.4) is 0 Å². The molecule has 0 bridgehead atoms. The first kappa shape index (κ1) is 14.4. The Morgan fingerprint density at radius 2 is 2.06 bits per heavy atom. The van der Waals surface area contributed by atoms with E-state index >= 15 is 0 Å². The maximum Gasteiger partial charge on any atom is 0.418 e. The molecule has 0 unspecified atom stereocenters. The van der Waals surface area contributed by atoms with E-state index < -0.39 is 35.6 Å². The summed E-state index contributed by atoms with van der Waals surface area (Å²) < 4.78 is 51.2. The molecule has 1 N–H and O–H groups in total. The Bertz CT molecular complexity index is 522. The van der Waals surface area contributed by atoms with Crippen LogP contribution in [0, 0.1) is 17.1 Å². The summed E-state index contributed by atoms with van der Waals surface area (Å²) in [7, 11) is 0. The quantitative estimate of drug-likeness (QED) is 0.847. The lowest BCUT2D eigenvalue weighted by atomic mass is 10.1. The van der Waals surface area contributed by atoms with E-state index in [1.54, 1.807) is 5.32 Å². The molecular formula is C10H5BrF4N2O. The van der Waals surface area contributed by atoms with Gasteiger partial charge in [-0.3, -0.25) is 4.79 Å². The van der Waals surface area contributed by atoms with Crippen molar-refractivity contribution in [2.75, 3.05) is 5.32 Å². The second kappa shape index (κ2) is 5.35. The van der Waals surface area contributed by atoms with Crippen LogP contribution in [-0.4, -0.2) is 5.91 Å². The van der Waals surface area contributed by atoms with E-state index in [4.69, 9.17) is 5.26 Å². The summed E-state index contributed by atoms with van der Waals surface area (Å²) in [5, 5.41) is 9.96. The fourth-order valence-electron chi connectivity index (χ4n) is 1.18. The predicted molar refractivity (Wildman–Crippen MR) is 58.0 cm³/mol. The first-order valence-corrected chi connectivity index (χ1v) is 5.28. The number of benzene rings is 1. The highest BCUT2D eigenvalue weighted by molar-refractivity contribution is 9.10. The highest BCUT2D eigenvalue weighted by atomic mass is 79.9. The molecule has 1 rings (SSSR count). The molecule has 0 radical (unpaired) electrons. The van der Waals surface area contributed by atoms with Crippen molar-refractivity contribution in [2.45, 2.75) is 12.6 Å². The average Bonchev–Trinajstić information content (AvgIpc) is 2.20. The normalized spacial score (nSPS) is 10.9. The van der Waals surface area contributed by atoms with E-state index in [0.29, 0.717) is 6.07 Å². The van der Waals surface area contributed by atoms with Crippen LogP contribution in [0.4, 0.5) is 23.2 Å². The van der Waals surface area contributed by atoms with Crippen molar-refractivity contribution in [3.8, 4) is 6.07 Å². The molecule has 0 saturated heterocycles. The summed E-state index contributed by atoms with van der Waals surface area (Å²) >= 11 is 2.73. The molecule has 0 fully saturated rings. The summed E-state index contributed by atoms with van der Waals surface area (Å²) in [6.07, 6.45) is -5.48. The fraction of sp³-hybridized carbons (Fsp3) is 0.200. The smallest absolute Gasteiger partial charge is 0.322 e. The zero-order valence-electron chi connectivity index (χ0n) is 8.61. The first-order chi connectivity index (χ1) is 8.25. The van der Waals surface area contributed by atoms with Gasteiger partial charge in [0.2, 0.25) is 5.91 Å². The van der Waals surface area contributed by atoms with Gasteiger partial charge in [0.1, 0.15) is 12.2 Å². The van der Waals surface area contributed by atoms with Gasteiger partial charge in [-0.15, -0.1) is 0 Å². The molecule has 0 saturated carbocycles. The number of nitriles is 1. The Hall–Kier alpha value is -1.62. The van der Waals surface area contributed by atoms with Gasteiger partial charge in [-0.2, -0.15) is 18.4 Å². The van der Waals surface area contributed by atoms with Crippen LogP contribution in [0.5, 0.6) is 0 Å². The van der Waals surface area contributed by atoms with Gasteiger partial charge in [0.25, 0.3) is 0 Å². The Morgan fingerprint density at radius 3 is 2.56 bits per heavy atom. The molecule has 1 aromatic carbocycles. The van der Waals surface area contributed by atoms with Gasteiger partial charge in [-0.25, -0.2) is 4.39 Å². The molecule has 0 aliphatic heterocycles. The SMILES string of the molecule is N#CCC(=O)Nc1c(F)cc(Br)cc1C(F)(F)F. The Kier molecular flexibility index (Phi) is 4.29. The molecule has 96 valence electrons. The third-order valence-electron chi connectivity index (χ3n) is 1.86. The number of halogens is 5. The second-order valence-electron chi connectivity index (χ2n) is 3.19. The standard InChI is InChI=1S/C10H5BrF4N2O/c11-5-3-6(10(13,14)15)9(7(12)4-5)17-8(18)1-2-16/h3-4H,1H2,(H,17,18). The van der Waals surface area contributed by atoms with Gasteiger partial charge < -0.3 is 5.32 Å². The summed E-state index contributed by atoms with van der Waals surface area (Å²) in [5.74, 6) is -2.24. The van der Waals surface area contributed by atoms with E-state index in [-0.39, 0.29) is 4.47 Å². The maximum absolute atomic E-state index is 13.4. The van der Waals surface area contributed by atoms with E-state index in [9.17, 15) is 22.4 Å². The summed E-state index contributed by atoms with van der Waals surface area (Å²) in [6.45, 7) is 0. The number of nitrogens with one attached hydrogen (secondary N) is 1. The zero-order valence-corrected chi connectivity index (χ0v) is 10.2. The number of carbonyl (C=O) groups excluding carboxylic acids is 1. The van der Waals surface area contributed by atoms with Crippen LogP contribution < -0.4 is 5.32 Å². The van der Waals surface area contributed by atoms with Crippen molar-refractivity contribution in [2.24, 2.45) is 0 Å². The molecule has 8 heteroatoms. The third-order valence-corrected chi connectivity index (χ3v) is 2.32. The molecular weight excluding hydrogens is 320 g/mol. The van der Waals surface area contributed by atoms with E-state index in [0.717, 1.165) is 6.07 Å². The van der Waals surface area contributed by atoms with E-state index in [1.807, 2.05) is 0 Å². The minimum Gasteiger partial charge on any atom is -0.322 e. The molecule has 0 aliphatic rings. The van der Waals surface area contributed by atoms with Gasteiger partial charge in [0.15, 0.2) is 0 Å². The number of hydrogen-bond acceptors (Lipinski definition) is 2. The molecule has 0 aliphatic carbocycles. The second-order valence-corrected chi connectivity index (χ2v) is 4.11. The molecule has 0 heterocycles. The minimum absolute atomic E-state index is 0.106. The van der Waals surface area contributed by atoms with Crippen molar-refractivity contribution < 1.29 is 22.4 Å². The summed E-state index contributed by atoms with van der Waals surface area (Å²) in [4.78, 5) is 11.0. The lowest BCUT2D eigenvalue weighted by Crippen LogP contribution is -2.17. The maximum atomic E-state index is 13.4. The monoisotopic (exact) mass is 324 g/mol. The molecule has 3 nitrogen and oxygen atoms in total. The predicted octanol–water partition coefficient (Wildman–Crippen LogP) is 3.46. The number of carbonyl (C=O) groups is 1. The Morgan fingerprint density at radius 1 is 1.44 bits per heavy atom. The molecule has 1 aromatic rings. The number of anilines is 1. The van der Waals surface area contributed by atoms with Gasteiger partial charge in [0, 0.05) is 4.47 Å². The number of nitrogens with zero attached hydrogens (tertiary/aromatic N) is 1. The zero-order chi connectivity index (χ0) is 13.9. The van der Waals surface area contributed by atoms with E-state index in [2.05, 4.69) is 15.9 Å². The number of rotatable bonds is 2. The van der Waals surface area contributed by atoms with Crippen molar-refractivity contribution in [3.63, 3.8) is 0 Å². The van der Waals surface area contributed by atoms with Gasteiger partial charge in [-0.1, -0.05) is 15.9 Å². The number of amides is 1. The Balaban J connectivity index is 3.25. The summed E-state index contributed by atoms with van der Waals surface area (Å²) in [5.41, 5.74) is -2.30. The van der Waals surface area contributed by atoms with Crippen LogP contribution in [-0.2, 0) is 11.0 Å². The number of hydrogen-bond donors (Lipinski definition) is 1. The third kappa shape index (κ3) is 3.43. The Labute approximate surface area is 108 Å². The van der Waals surface area contributed by atoms with Crippen molar-refractivity contribution >= 4 is 27.5 Å². The summed E-state index contributed by atoms with van der Waals surface area (Å²) in [6, 6.07) is 2.88. The first-order valence-electron chi connectivity index (χ1n) is 4.48. The molecule has 18 heavy (non-hydrogen) atoms. The largest absolute Gasteiger partial charge is 0.418 e. The fourth-order valence-corrected chi connectivity index (χ4v) is 1.61. The van der Waals surface area contributed by atoms with Crippen LogP contribution in [0.25, 0.3) is 0 Å². The lowest BCUT2D eigenvalue weighted by Gasteiger charge is -2.14. The van der Waals surface area contributed by atoms with E-state index in [1.165, 1.54) is 6.07 Å². The van der Waals surface area contributed by atoms with Crippen molar-refractivity contribution in [3.05, 3.63) is 28.0 Å². The van der Waals surface area contributed by atoms with Crippen LogP contribution >= 0.6 is 15.9 Å². The van der Waals surface area contributed by atoms with Crippen LogP contribution in [0.15, 0.2) is 16.6 Å².